The second-order valence-corrected chi connectivity index (χ2v) is 16.1. The first-order valence-corrected chi connectivity index (χ1v) is 22.4. The molecule has 0 radical (unpaired) electrons. The van der Waals surface area contributed by atoms with Crippen molar-refractivity contribution < 1.29 is 50.0 Å². The number of rotatable bonds is 37. The smallest absolute Gasteiger partial charge is 0.249 e. The number of amides is 1. The maximum Gasteiger partial charge on any atom is 0.249 e. The van der Waals surface area contributed by atoms with E-state index in [0.29, 0.717) is 19.3 Å². The van der Waals surface area contributed by atoms with E-state index in [1.807, 2.05) is 0 Å². The van der Waals surface area contributed by atoms with E-state index in [1.54, 1.807) is 0 Å². The summed E-state index contributed by atoms with van der Waals surface area (Å²) in [6.07, 6.45) is 21.9. The summed E-state index contributed by atoms with van der Waals surface area (Å²) < 4.78 is 11.0. The molecule has 0 aromatic heterocycles. The number of hydrogen-bond acceptors (Lipinski definition) is 10. The Morgan fingerprint density at radius 3 is 1.37 bits per heavy atom. The number of aliphatic hydroxyl groups excluding tert-OH is 7. The highest BCUT2D eigenvalue weighted by molar-refractivity contribution is 5.80. The SMILES string of the molecule is CCCCCCCCCCCCCCCCCCCCCCC(O)C(=O)NC(COC1OC(CO)C(O)C(O)C1O)C(O)C(O)CCCCCCCCC. The van der Waals surface area contributed by atoms with E-state index in [9.17, 15) is 40.5 Å². The second kappa shape index (κ2) is 34.2. The Morgan fingerprint density at radius 1 is 0.574 bits per heavy atom. The van der Waals surface area contributed by atoms with Gasteiger partial charge in [0, 0.05) is 0 Å². The molecular weight excluding hydrogens is 690 g/mol. The van der Waals surface area contributed by atoms with E-state index in [1.165, 1.54) is 116 Å². The zero-order valence-electron chi connectivity index (χ0n) is 34.5. The van der Waals surface area contributed by atoms with Crippen LogP contribution in [-0.4, -0.2) is 110 Å². The van der Waals surface area contributed by atoms with Crippen LogP contribution in [0.5, 0.6) is 0 Å². The van der Waals surface area contributed by atoms with Gasteiger partial charge in [0.25, 0.3) is 0 Å². The van der Waals surface area contributed by atoms with E-state index >= 15 is 0 Å². The summed E-state index contributed by atoms with van der Waals surface area (Å²) >= 11 is 0. The molecule has 11 heteroatoms. The van der Waals surface area contributed by atoms with Crippen LogP contribution in [0, 0.1) is 0 Å². The fraction of sp³-hybridized carbons (Fsp3) is 0.977. The van der Waals surface area contributed by atoms with Gasteiger partial charge in [-0.1, -0.05) is 187 Å². The van der Waals surface area contributed by atoms with Gasteiger partial charge in [-0.25, -0.2) is 0 Å². The zero-order chi connectivity index (χ0) is 39.8. The van der Waals surface area contributed by atoms with Gasteiger partial charge in [0.05, 0.1) is 25.4 Å². The third-order valence-electron chi connectivity index (χ3n) is 11.2. The Bertz CT molecular complexity index is 851. The summed E-state index contributed by atoms with van der Waals surface area (Å²) in [5.41, 5.74) is 0. The van der Waals surface area contributed by atoms with Gasteiger partial charge in [0.15, 0.2) is 6.29 Å². The van der Waals surface area contributed by atoms with Crippen molar-refractivity contribution in [3.8, 4) is 0 Å². The molecule has 8 N–H and O–H groups in total. The molecule has 1 heterocycles. The molecule has 322 valence electrons. The molecule has 9 unspecified atom stereocenters. The van der Waals surface area contributed by atoms with E-state index < -0.39 is 74.2 Å². The molecule has 0 bridgehead atoms. The molecule has 0 aliphatic carbocycles. The molecule has 1 fully saturated rings. The first kappa shape index (κ1) is 51.1. The van der Waals surface area contributed by atoms with Crippen molar-refractivity contribution in [3.63, 3.8) is 0 Å². The lowest BCUT2D eigenvalue weighted by Crippen LogP contribution is -2.60. The van der Waals surface area contributed by atoms with Crippen molar-refractivity contribution >= 4 is 5.91 Å². The molecule has 1 amide bonds. The molecule has 0 spiro atoms. The summed E-state index contributed by atoms with van der Waals surface area (Å²) in [6, 6.07) is -1.16. The molecule has 1 saturated heterocycles. The Kier molecular flexibility index (Phi) is 32.4. The maximum atomic E-state index is 13.0. The largest absolute Gasteiger partial charge is 0.394 e. The molecule has 1 aliphatic heterocycles. The molecule has 0 aromatic carbocycles. The van der Waals surface area contributed by atoms with Crippen molar-refractivity contribution in [2.75, 3.05) is 13.2 Å². The van der Waals surface area contributed by atoms with Gasteiger partial charge in [-0.3, -0.25) is 4.79 Å². The third-order valence-corrected chi connectivity index (χ3v) is 11.2. The quantitative estimate of drug-likeness (QED) is 0.0315. The lowest BCUT2D eigenvalue weighted by atomic mass is 9.98. The maximum absolute atomic E-state index is 13.0. The summed E-state index contributed by atoms with van der Waals surface area (Å²) in [5.74, 6) is -0.697. The van der Waals surface area contributed by atoms with Crippen LogP contribution in [-0.2, 0) is 14.3 Å². The van der Waals surface area contributed by atoms with E-state index in [0.717, 1.165) is 44.9 Å². The topological polar surface area (TPSA) is 189 Å². The van der Waals surface area contributed by atoms with Crippen LogP contribution in [0.1, 0.15) is 200 Å². The summed E-state index contributed by atoms with van der Waals surface area (Å²) in [6.45, 7) is 3.38. The highest BCUT2D eigenvalue weighted by atomic mass is 16.7. The van der Waals surface area contributed by atoms with Gasteiger partial charge in [-0.05, 0) is 12.8 Å². The lowest BCUT2D eigenvalue weighted by Gasteiger charge is -2.40. The Balaban J connectivity index is 2.35. The first-order valence-electron chi connectivity index (χ1n) is 22.4. The Morgan fingerprint density at radius 2 is 0.963 bits per heavy atom. The van der Waals surface area contributed by atoms with Crippen LogP contribution in [0.25, 0.3) is 0 Å². The summed E-state index contributed by atoms with van der Waals surface area (Å²) in [4.78, 5) is 13.0. The predicted octanol–water partition coefficient (Wildman–Crippen LogP) is 6.72. The first-order chi connectivity index (χ1) is 26.2. The molecular formula is C43H85NO10. The molecule has 1 aliphatic rings. The van der Waals surface area contributed by atoms with Gasteiger partial charge in [0.2, 0.25) is 5.91 Å². The molecule has 9 atom stereocenters. The fourth-order valence-electron chi connectivity index (χ4n) is 7.38. The van der Waals surface area contributed by atoms with Crippen LogP contribution < -0.4 is 5.32 Å². The Hall–Kier alpha value is -0.890. The molecule has 54 heavy (non-hydrogen) atoms. The molecule has 1 rings (SSSR count). The van der Waals surface area contributed by atoms with E-state index in [-0.39, 0.29) is 6.42 Å². The molecule has 0 aromatic rings. The number of carbonyl (C=O) groups is 1. The highest BCUT2D eigenvalue weighted by Crippen LogP contribution is 2.23. The van der Waals surface area contributed by atoms with Gasteiger partial charge >= 0.3 is 0 Å². The zero-order valence-corrected chi connectivity index (χ0v) is 34.5. The van der Waals surface area contributed by atoms with Crippen LogP contribution in [0.3, 0.4) is 0 Å². The Labute approximate surface area is 329 Å². The van der Waals surface area contributed by atoms with Crippen molar-refractivity contribution in [2.45, 2.75) is 255 Å². The number of hydrogen-bond donors (Lipinski definition) is 8. The van der Waals surface area contributed by atoms with Crippen molar-refractivity contribution in [1.29, 1.82) is 0 Å². The minimum absolute atomic E-state index is 0.266. The standard InChI is InChI=1S/C43H85NO10/c1-3-5-7-9-11-12-13-14-15-16-17-18-19-20-21-22-23-25-27-29-31-36(47)42(52)44-34(38(48)35(46)30-28-26-24-10-8-6-4-2)33-53-43-41(51)40(50)39(49)37(32-45)54-43/h34-41,43,45-51H,3-33H2,1-2H3,(H,44,52). The van der Waals surface area contributed by atoms with Crippen LogP contribution in [0.15, 0.2) is 0 Å². The predicted molar refractivity (Wildman–Crippen MR) is 215 cm³/mol. The van der Waals surface area contributed by atoms with E-state index in [4.69, 9.17) is 9.47 Å². The van der Waals surface area contributed by atoms with Gasteiger partial charge in [0.1, 0.15) is 36.6 Å². The minimum atomic E-state index is -1.65. The van der Waals surface area contributed by atoms with Crippen molar-refractivity contribution in [2.24, 2.45) is 0 Å². The van der Waals surface area contributed by atoms with Crippen molar-refractivity contribution in [3.05, 3.63) is 0 Å². The number of unbranched alkanes of at least 4 members (excludes halogenated alkanes) is 25. The second-order valence-electron chi connectivity index (χ2n) is 16.1. The number of ether oxygens (including phenoxy) is 2. The minimum Gasteiger partial charge on any atom is -0.394 e. The third kappa shape index (κ3) is 24.0. The average molecular weight is 776 g/mol. The number of nitrogens with one attached hydrogen (secondary N) is 1. The van der Waals surface area contributed by atoms with Crippen LogP contribution in [0.4, 0.5) is 0 Å². The van der Waals surface area contributed by atoms with Gasteiger partial charge in [-0.15, -0.1) is 0 Å². The highest BCUT2D eigenvalue weighted by Gasteiger charge is 2.44. The lowest BCUT2D eigenvalue weighted by molar-refractivity contribution is -0.303. The van der Waals surface area contributed by atoms with Crippen molar-refractivity contribution in [1.82, 2.24) is 5.32 Å². The summed E-state index contributed by atoms with van der Waals surface area (Å²) in [7, 11) is 0. The van der Waals surface area contributed by atoms with Crippen LogP contribution >= 0.6 is 0 Å². The summed E-state index contributed by atoms with van der Waals surface area (Å²) in [5, 5.41) is 75.2. The van der Waals surface area contributed by atoms with Gasteiger partial charge < -0.3 is 50.5 Å². The number of aliphatic hydroxyl groups is 7. The monoisotopic (exact) mass is 776 g/mol. The molecule has 0 saturated carbocycles. The van der Waals surface area contributed by atoms with Gasteiger partial charge in [-0.2, -0.15) is 0 Å². The van der Waals surface area contributed by atoms with E-state index in [2.05, 4.69) is 19.2 Å². The normalized spacial score (nSPS) is 22.6. The molecule has 11 nitrogen and oxygen atoms in total. The number of carbonyl (C=O) groups excluding carboxylic acids is 1. The fourth-order valence-corrected chi connectivity index (χ4v) is 7.38. The average Bonchev–Trinajstić information content (AvgIpc) is 3.17. The van der Waals surface area contributed by atoms with Crippen LogP contribution in [0.2, 0.25) is 0 Å².